The van der Waals surface area contributed by atoms with E-state index in [1.54, 1.807) is 0 Å². The van der Waals surface area contributed by atoms with Crippen LogP contribution in [0.4, 0.5) is 5.69 Å². The molecule has 2 heteroatoms. The van der Waals surface area contributed by atoms with E-state index >= 15 is 0 Å². The Labute approximate surface area is 72.2 Å². The summed E-state index contributed by atoms with van der Waals surface area (Å²) >= 11 is 0. The summed E-state index contributed by atoms with van der Waals surface area (Å²) in [5.74, 6) is 0. The highest BCUT2D eigenvalue weighted by molar-refractivity contribution is 6.08. The van der Waals surface area contributed by atoms with Gasteiger partial charge in [0.2, 0.25) is 0 Å². The maximum absolute atomic E-state index is 7.13. The molecule has 2 nitrogen and oxygen atoms in total. The fourth-order valence-electron chi connectivity index (χ4n) is 1.01. The first-order chi connectivity index (χ1) is 5.77. The monoisotopic (exact) mass is 160 g/mol. The molecule has 0 spiro atoms. The first kappa shape index (κ1) is 8.53. The SMILES string of the molecule is C/C=C(\C=N)c1ccc(N)cc1. The second-order valence-corrected chi connectivity index (χ2v) is 2.51. The van der Waals surface area contributed by atoms with Gasteiger partial charge < -0.3 is 11.1 Å². The molecule has 0 saturated carbocycles. The van der Waals surface area contributed by atoms with E-state index in [0.717, 1.165) is 16.8 Å². The standard InChI is InChI=1S/C10H12N2/c1-2-8(7-11)9-3-5-10(12)6-4-9/h2-7,11H,12H2,1H3/b8-2+,11-7?. The van der Waals surface area contributed by atoms with Gasteiger partial charge in [0.15, 0.2) is 0 Å². The molecule has 0 aliphatic heterocycles. The lowest BCUT2D eigenvalue weighted by molar-refractivity contribution is 1.55. The molecule has 0 bridgehead atoms. The molecule has 0 radical (unpaired) electrons. The predicted octanol–water partition coefficient (Wildman–Crippen LogP) is 2.32. The minimum atomic E-state index is 0.749. The van der Waals surface area contributed by atoms with Gasteiger partial charge in [0.05, 0.1) is 0 Å². The third kappa shape index (κ3) is 1.72. The zero-order valence-electron chi connectivity index (χ0n) is 7.04. The van der Waals surface area contributed by atoms with Crippen molar-refractivity contribution in [1.29, 1.82) is 5.41 Å². The van der Waals surface area contributed by atoms with E-state index in [1.165, 1.54) is 6.21 Å². The highest BCUT2D eigenvalue weighted by Gasteiger charge is 1.94. The van der Waals surface area contributed by atoms with Crippen LogP contribution in [0.25, 0.3) is 5.57 Å². The molecule has 0 aliphatic carbocycles. The van der Waals surface area contributed by atoms with E-state index in [4.69, 9.17) is 11.1 Å². The maximum Gasteiger partial charge on any atom is 0.0314 e. The van der Waals surface area contributed by atoms with E-state index < -0.39 is 0 Å². The average molecular weight is 160 g/mol. The number of allylic oxidation sites excluding steroid dienone is 2. The summed E-state index contributed by atoms with van der Waals surface area (Å²) < 4.78 is 0. The van der Waals surface area contributed by atoms with Crippen LogP contribution in [0.1, 0.15) is 12.5 Å². The molecule has 1 rings (SSSR count). The fraction of sp³-hybridized carbons (Fsp3) is 0.100. The number of hydrogen-bond donors (Lipinski definition) is 2. The zero-order chi connectivity index (χ0) is 8.97. The Bertz CT molecular complexity index is 296. The van der Waals surface area contributed by atoms with Crippen LogP contribution < -0.4 is 5.73 Å². The van der Waals surface area contributed by atoms with Gasteiger partial charge in [-0.05, 0) is 30.2 Å². The quantitative estimate of drug-likeness (QED) is 0.506. The number of nitrogens with one attached hydrogen (secondary N) is 1. The Morgan fingerprint density at radius 2 is 1.92 bits per heavy atom. The van der Waals surface area contributed by atoms with Crippen LogP contribution in [0.15, 0.2) is 30.3 Å². The zero-order valence-corrected chi connectivity index (χ0v) is 7.04. The number of anilines is 1. The van der Waals surface area contributed by atoms with Gasteiger partial charge in [-0.25, -0.2) is 0 Å². The normalized spacial score (nSPS) is 11.2. The Morgan fingerprint density at radius 1 is 1.33 bits per heavy atom. The molecular formula is C10H12N2. The molecule has 3 N–H and O–H groups in total. The van der Waals surface area contributed by atoms with Crippen molar-refractivity contribution in [2.75, 3.05) is 5.73 Å². The molecule has 62 valence electrons. The van der Waals surface area contributed by atoms with Gasteiger partial charge in [-0.3, -0.25) is 0 Å². The largest absolute Gasteiger partial charge is 0.399 e. The second-order valence-electron chi connectivity index (χ2n) is 2.51. The van der Waals surface area contributed by atoms with Gasteiger partial charge in [0, 0.05) is 11.9 Å². The highest BCUT2D eigenvalue weighted by atomic mass is 14.5. The lowest BCUT2D eigenvalue weighted by Gasteiger charge is -2.00. The first-order valence-electron chi connectivity index (χ1n) is 3.80. The van der Waals surface area contributed by atoms with Gasteiger partial charge in [0.1, 0.15) is 0 Å². The lowest BCUT2D eigenvalue weighted by Crippen LogP contribution is -1.87. The van der Waals surface area contributed by atoms with Gasteiger partial charge in [-0.1, -0.05) is 18.2 Å². The fourth-order valence-corrected chi connectivity index (χ4v) is 1.01. The van der Waals surface area contributed by atoms with Gasteiger partial charge >= 0.3 is 0 Å². The number of nitrogens with two attached hydrogens (primary N) is 1. The molecular weight excluding hydrogens is 148 g/mol. The molecule has 0 amide bonds. The highest BCUT2D eigenvalue weighted by Crippen LogP contribution is 2.13. The number of hydrogen-bond acceptors (Lipinski definition) is 2. The van der Waals surface area contributed by atoms with Crippen LogP contribution >= 0.6 is 0 Å². The van der Waals surface area contributed by atoms with Crippen LogP contribution in [0, 0.1) is 5.41 Å². The molecule has 0 aromatic heterocycles. The van der Waals surface area contributed by atoms with E-state index in [9.17, 15) is 0 Å². The molecule has 12 heavy (non-hydrogen) atoms. The Hall–Kier alpha value is -1.57. The minimum Gasteiger partial charge on any atom is -0.399 e. The predicted molar refractivity (Wildman–Crippen MR) is 53.3 cm³/mol. The van der Waals surface area contributed by atoms with Crippen molar-refractivity contribution >= 4 is 17.5 Å². The molecule has 0 heterocycles. The number of rotatable bonds is 2. The van der Waals surface area contributed by atoms with Gasteiger partial charge in [0.25, 0.3) is 0 Å². The van der Waals surface area contributed by atoms with Gasteiger partial charge in [-0.15, -0.1) is 0 Å². The van der Waals surface area contributed by atoms with Crippen molar-refractivity contribution in [2.24, 2.45) is 0 Å². The molecule has 0 unspecified atom stereocenters. The van der Waals surface area contributed by atoms with Crippen molar-refractivity contribution in [3.8, 4) is 0 Å². The molecule has 0 atom stereocenters. The summed E-state index contributed by atoms with van der Waals surface area (Å²) in [6.07, 6.45) is 3.24. The van der Waals surface area contributed by atoms with Crippen LogP contribution in [0.5, 0.6) is 0 Å². The molecule has 0 aliphatic rings. The van der Waals surface area contributed by atoms with Crippen molar-refractivity contribution < 1.29 is 0 Å². The molecule has 0 fully saturated rings. The summed E-state index contributed by atoms with van der Waals surface area (Å²) in [7, 11) is 0. The van der Waals surface area contributed by atoms with Crippen LogP contribution in [0.3, 0.4) is 0 Å². The topological polar surface area (TPSA) is 49.9 Å². The van der Waals surface area contributed by atoms with E-state index in [-0.39, 0.29) is 0 Å². The summed E-state index contributed by atoms with van der Waals surface area (Å²) in [6, 6.07) is 7.50. The van der Waals surface area contributed by atoms with Gasteiger partial charge in [-0.2, -0.15) is 0 Å². The van der Waals surface area contributed by atoms with Crippen molar-refractivity contribution in [3.63, 3.8) is 0 Å². The van der Waals surface area contributed by atoms with Crippen LogP contribution in [-0.2, 0) is 0 Å². The Kier molecular flexibility index (Phi) is 2.64. The summed E-state index contributed by atoms with van der Waals surface area (Å²) in [5.41, 5.74) is 8.22. The second kappa shape index (κ2) is 3.72. The number of benzene rings is 1. The smallest absolute Gasteiger partial charge is 0.0314 e. The van der Waals surface area contributed by atoms with Crippen LogP contribution in [0.2, 0.25) is 0 Å². The van der Waals surface area contributed by atoms with Crippen molar-refractivity contribution in [1.82, 2.24) is 0 Å². The first-order valence-corrected chi connectivity index (χ1v) is 3.80. The Morgan fingerprint density at radius 3 is 2.33 bits per heavy atom. The maximum atomic E-state index is 7.13. The van der Waals surface area contributed by atoms with Crippen molar-refractivity contribution in [2.45, 2.75) is 6.92 Å². The summed E-state index contributed by atoms with van der Waals surface area (Å²) in [5, 5.41) is 7.13. The minimum absolute atomic E-state index is 0.749. The van der Waals surface area contributed by atoms with E-state index in [2.05, 4.69) is 0 Å². The van der Waals surface area contributed by atoms with Crippen LogP contribution in [-0.4, -0.2) is 6.21 Å². The van der Waals surface area contributed by atoms with Crippen molar-refractivity contribution in [3.05, 3.63) is 35.9 Å². The average Bonchev–Trinajstić information content (AvgIpc) is 2.10. The third-order valence-corrected chi connectivity index (χ3v) is 1.71. The van der Waals surface area contributed by atoms with E-state index in [0.29, 0.717) is 0 Å². The molecule has 0 saturated heterocycles. The lowest BCUT2D eigenvalue weighted by atomic mass is 10.1. The Balaban J connectivity index is 3.04. The third-order valence-electron chi connectivity index (χ3n) is 1.71. The summed E-state index contributed by atoms with van der Waals surface area (Å²) in [4.78, 5) is 0. The molecule has 1 aromatic rings. The number of nitrogen functional groups attached to an aromatic ring is 1. The van der Waals surface area contributed by atoms with E-state index in [1.807, 2.05) is 37.3 Å². The summed E-state index contributed by atoms with van der Waals surface area (Å²) in [6.45, 7) is 1.91. The molecule has 1 aromatic carbocycles.